The molecule has 4 nitrogen and oxygen atoms in total. The van der Waals surface area contributed by atoms with E-state index in [1.54, 1.807) is 14.2 Å². The van der Waals surface area contributed by atoms with Crippen LogP contribution in [0.5, 0.6) is 5.75 Å². The average Bonchev–Trinajstić information content (AvgIpc) is 2.47. The lowest BCUT2D eigenvalue weighted by Gasteiger charge is -2.31. The second kappa shape index (κ2) is 6.37. The smallest absolute Gasteiger partial charge is 0.142 e. The Bertz CT molecular complexity index is 508. The number of piperidine rings is 1. The fraction of sp³-hybridized carbons (Fsp3) is 0.588. The first-order valence-corrected chi connectivity index (χ1v) is 7.48. The molecule has 0 atom stereocenters. The van der Waals surface area contributed by atoms with Crippen molar-refractivity contribution in [2.45, 2.75) is 39.0 Å². The van der Waals surface area contributed by atoms with Gasteiger partial charge in [-0.15, -0.1) is 0 Å². The van der Waals surface area contributed by atoms with E-state index in [4.69, 9.17) is 9.57 Å². The molecule has 1 heterocycles. The zero-order chi connectivity index (χ0) is 15.5. The molecule has 1 aromatic rings. The maximum Gasteiger partial charge on any atom is 0.142 e. The predicted molar refractivity (Wildman–Crippen MR) is 87.6 cm³/mol. The van der Waals surface area contributed by atoms with Crippen LogP contribution in [0.15, 0.2) is 23.4 Å². The van der Waals surface area contributed by atoms with Crippen LogP contribution in [0.4, 0.5) is 5.69 Å². The molecule has 1 aliphatic heterocycles. The van der Waals surface area contributed by atoms with Crippen molar-refractivity contribution in [3.63, 3.8) is 0 Å². The van der Waals surface area contributed by atoms with Gasteiger partial charge in [-0.1, -0.05) is 32.0 Å². The summed E-state index contributed by atoms with van der Waals surface area (Å²) in [6.07, 6.45) is 1.88. The molecule has 2 rings (SSSR count). The molecule has 0 N–H and O–H groups in total. The Morgan fingerprint density at radius 1 is 1.10 bits per heavy atom. The Labute approximate surface area is 127 Å². The molecule has 0 unspecified atom stereocenters. The van der Waals surface area contributed by atoms with Gasteiger partial charge in [0.25, 0.3) is 0 Å². The molecule has 4 heteroatoms. The second-order valence-electron chi connectivity index (χ2n) is 6.46. The highest BCUT2D eigenvalue weighted by atomic mass is 16.6. The third-order valence-electron chi connectivity index (χ3n) is 3.95. The molecule has 0 spiro atoms. The van der Waals surface area contributed by atoms with E-state index < -0.39 is 0 Å². The van der Waals surface area contributed by atoms with Crippen LogP contribution in [0, 0.1) is 0 Å². The van der Waals surface area contributed by atoms with Crippen molar-refractivity contribution in [3.05, 3.63) is 23.8 Å². The molecule has 1 aromatic carbocycles. The summed E-state index contributed by atoms with van der Waals surface area (Å²) in [5.74, 6) is 0.953. The van der Waals surface area contributed by atoms with Gasteiger partial charge in [0.1, 0.15) is 12.9 Å². The summed E-state index contributed by atoms with van der Waals surface area (Å²) in [5, 5.41) is 4.06. The fourth-order valence-corrected chi connectivity index (χ4v) is 2.63. The van der Waals surface area contributed by atoms with Crippen LogP contribution in [0.1, 0.15) is 39.2 Å². The number of anilines is 1. The minimum Gasteiger partial charge on any atom is -0.495 e. The van der Waals surface area contributed by atoms with Gasteiger partial charge in [0.05, 0.1) is 18.5 Å². The summed E-state index contributed by atoms with van der Waals surface area (Å²) in [4.78, 5) is 7.23. The minimum absolute atomic E-state index is 0.131. The molecule has 0 bridgehead atoms. The van der Waals surface area contributed by atoms with E-state index in [1.165, 1.54) is 11.3 Å². The quantitative estimate of drug-likeness (QED) is 0.798. The van der Waals surface area contributed by atoms with Crippen LogP contribution < -0.4 is 9.64 Å². The number of benzene rings is 1. The highest BCUT2D eigenvalue weighted by Gasteiger charge is 2.21. The number of ether oxygens (including phenoxy) is 1. The van der Waals surface area contributed by atoms with Crippen LogP contribution in [-0.2, 0) is 10.3 Å². The first-order chi connectivity index (χ1) is 9.95. The summed E-state index contributed by atoms with van der Waals surface area (Å²) < 4.78 is 5.61. The van der Waals surface area contributed by atoms with Crippen molar-refractivity contribution in [1.82, 2.24) is 0 Å². The molecule has 1 aliphatic rings. The van der Waals surface area contributed by atoms with Crippen LogP contribution >= 0.6 is 0 Å². The standard InChI is InChI=1S/C17H26N2O2/c1-17(2,3)13-6-7-15(16(12-13)20-4)19-10-8-14(9-11-19)18-21-5/h6-7,12H,8-11H2,1-5H3. The molecule has 116 valence electrons. The lowest BCUT2D eigenvalue weighted by atomic mass is 9.86. The zero-order valence-electron chi connectivity index (χ0n) is 13.8. The Balaban J connectivity index is 2.19. The number of rotatable bonds is 3. The monoisotopic (exact) mass is 290 g/mol. The van der Waals surface area contributed by atoms with E-state index >= 15 is 0 Å². The number of methoxy groups -OCH3 is 1. The minimum atomic E-state index is 0.131. The first kappa shape index (κ1) is 15.7. The van der Waals surface area contributed by atoms with Gasteiger partial charge in [0.15, 0.2) is 0 Å². The van der Waals surface area contributed by atoms with Crippen molar-refractivity contribution >= 4 is 11.4 Å². The molecule has 1 fully saturated rings. The van der Waals surface area contributed by atoms with E-state index in [9.17, 15) is 0 Å². The van der Waals surface area contributed by atoms with Gasteiger partial charge in [-0.05, 0) is 23.1 Å². The predicted octanol–water partition coefficient (Wildman–Crippen LogP) is 3.60. The first-order valence-electron chi connectivity index (χ1n) is 7.48. The molecule has 1 saturated heterocycles. The van der Waals surface area contributed by atoms with Crippen molar-refractivity contribution < 1.29 is 9.57 Å². The van der Waals surface area contributed by atoms with Gasteiger partial charge < -0.3 is 14.5 Å². The summed E-state index contributed by atoms with van der Waals surface area (Å²) in [5.41, 5.74) is 3.73. The van der Waals surface area contributed by atoms with E-state index in [0.717, 1.165) is 37.4 Å². The third-order valence-corrected chi connectivity index (χ3v) is 3.95. The van der Waals surface area contributed by atoms with Gasteiger partial charge in [-0.2, -0.15) is 0 Å². The van der Waals surface area contributed by atoms with E-state index in [2.05, 4.69) is 49.0 Å². The number of hydrogen-bond donors (Lipinski definition) is 0. The van der Waals surface area contributed by atoms with Crippen molar-refractivity contribution in [2.75, 3.05) is 32.2 Å². The lowest BCUT2D eigenvalue weighted by Crippen LogP contribution is -2.34. The molecular weight excluding hydrogens is 264 g/mol. The molecule has 0 aliphatic carbocycles. The molecule has 0 radical (unpaired) electrons. The van der Waals surface area contributed by atoms with Crippen LogP contribution in [-0.4, -0.2) is 33.0 Å². The van der Waals surface area contributed by atoms with Crippen LogP contribution in [0.3, 0.4) is 0 Å². The highest BCUT2D eigenvalue weighted by molar-refractivity contribution is 5.86. The van der Waals surface area contributed by atoms with Gasteiger partial charge in [-0.3, -0.25) is 0 Å². The Kier molecular flexibility index (Phi) is 4.76. The maximum absolute atomic E-state index is 5.61. The normalized spacial score (nSPS) is 15.9. The number of hydrogen-bond acceptors (Lipinski definition) is 4. The van der Waals surface area contributed by atoms with E-state index in [0.29, 0.717) is 0 Å². The molecule has 0 saturated carbocycles. The van der Waals surface area contributed by atoms with Gasteiger partial charge in [0.2, 0.25) is 0 Å². The SMILES string of the molecule is CON=C1CCN(c2ccc(C(C)(C)C)cc2OC)CC1. The average molecular weight is 290 g/mol. The highest BCUT2D eigenvalue weighted by Crippen LogP contribution is 2.34. The molecule has 0 aromatic heterocycles. The van der Waals surface area contributed by atoms with Crippen LogP contribution in [0.25, 0.3) is 0 Å². The maximum atomic E-state index is 5.61. The van der Waals surface area contributed by atoms with Crippen LogP contribution in [0.2, 0.25) is 0 Å². The second-order valence-corrected chi connectivity index (χ2v) is 6.46. The third kappa shape index (κ3) is 3.69. The van der Waals surface area contributed by atoms with E-state index in [-0.39, 0.29) is 5.41 Å². The summed E-state index contributed by atoms with van der Waals surface area (Å²) in [7, 11) is 3.35. The summed E-state index contributed by atoms with van der Waals surface area (Å²) in [6, 6.07) is 6.54. The van der Waals surface area contributed by atoms with Gasteiger partial charge >= 0.3 is 0 Å². The van der Waals surface area contributed by atoms with Gasteiger partial charge in [-0.25, -0.2) is 0 Å². The van der Waals surface area contributed by atoms with Crippen molar-refractivity contribution in [2.24, 2.45) is 5.16 Å². The summed E-state index contributed by atoms with van der Waals surface area (Å²) >= 11 is 0. The fourth-order valence-electron chi connectivity index (χ4n) is 2.63. The zero-order valence-corrected chi connectivity index (χ0v) is 13.8. The number of nitrogens with zero attached hydrogens (tertiary/aromatic N) is 2. The van der Waals surface area contributed by atoms with Crippen molar-refractivity contribution in [3.8, 4) is 5.75 Å². The molecular formula is C17H26N2O2. The topological polar surface area (TPSA) is 34.1 Å². The Morgan fingerprint density at radius 2 is 1.76 bits per heavy atom. The van der Waals surface area contributed by atoms with Gasteiger partial charge in [0, 0.05) is 25.9 Å². The summed E-state index contributed by atoms with van der Waals surface area (Å²) in [6.45, 7) is 8.56. The lowest BCUT2D eigenvalue weighted by molar-refractivity contribution is 0.211. The Hall–Kier alpha value is -1.71. The van der Waals surface area contributed by atoms with Crippen molar-refractivity contribution in [1.29, 1.82) is 0 Å². The largest absolute Gasteiger partial charge is 0.495 e. The Morgan fingerprint density at radius 3 is 2.29 bits per heavy atom. The molecule has 0 amide bonds. The molecule has 21 heavy (non-hydrogen) atoms. The number of oxime groups is 1. The van der Waals surface area contributed by atoms with E-state index in [1.807, 2.05) is 0 Å².